The van der Waals surface area contributed by atoms with Gasteiger partial charge in [-0.3, -0.25) is 4.79 Å². The number of hydrogen-bond donors (Lipinski definition) is 1. The van der Waals surface area contributed by atoms with Gasteiger partial charge in [-0.25, -0.2) is 0 Å². The Bertz CT molecular complexity index is 309. The van der Waals surface area contributed by atoms with E-state index in [1.54, 1.807) is 0 Å². The second kappa shape index (κ2) is 4.08. The lowest BCUT2D eigenvalue weighted by molar-refractivity contribution is 0.0748. The highest BCUT2D eigenvalue weighted by Gasteiger charge is 2.33. The first kappa shape index (κ1) is 9.64. The van der Waals surface area contributed by atoms with Gasteiger partial charge in [-0.2, -0.15) is 15.4 Å². The van der Waals surface area contributed by atoms with Crippen LogP contribution >= 0.6 is 15.9 Å². The fraction of sp³-hybridized carbons (Fsp3) is 0.625. The van der Waals surface area contributed by atoms with Gasteiger partial charge in [0, 0.05) is 17.9 Å². The molecule has 1 heterocycles. The summed E-state index contributed by atoms with van der Waals surface area (Å²) in [6.45, 7) is 0.732. The standard InChI is InChI=1S/C8H11BrN4O/c9-3-4-13(6-1-2-6)8(14)7-5-10-12-11-7/h5-6H,1-4H2,(H,10,11,12). The van der Waals surface area contributed by atoms with Crippen molar-refractivity contribution in [3.8, 4) is 0 Å². The van der Waals surface area contributed by atoms with E-state index in [1.807, 2.05) is 4.90 Å². The van der Waals surface area contributed by atoms with Crippen molar-refractivity contribution < 1.29 is 4.79 Å². The minimum Gasteiger partial charge on any atom is -0.333 e. The van der Waals surface area contributed by atoms with Gasteiger partial charge in [-0.15, -0.1) is 0 Å². The number of nitrogens with one attached hydrogen (secondary N) is 1. The van der Waals surface area contributed by atoms with Gasteiger partial charge in [0.2, 0.25) is 0 Å². The van der Waals surface area contributed by atoms with Crippen molar-refractivity contribution in [2.75, 3.05) is 11.9 Å². The number of nitrogens with zero attached hydrogens (tertiary/aromatic N) is 3. The van der Waals surface area contributed by atoms with Crippen molar-refractivity contribution in [1.82, 2.24) is 20.3 Å². The normalized spacial score (nSPS) is 15.5. The molecule has 1 aliphatic carbocycles. The van der Waals surface area contributed by atoms with Gasteiger partial charge in [0.1, 0.15) is 0 Å². The Labute approximate surface area is 90.0 Å². The number of amides is 1. The Hall–Kier alpha value is -0.910. The molecular weight excluding hydrogens is 248 g/mol. The molecule has 1 fully saturated rings. The van der Waals surface area contributed by atoms with E-state index in [4.69, 9.17) is 0 Å². The number of rotatable bonds is 4. The molecule has 1 saturated carbocycles. The zero-order chi connectivity index (χ0) is 9.97. The van der Waals surface area contributed by atoms with E-state index in [0.29, 0.717) is 11.7 Å². The fourth-order valence-corrected chi connectivity index (χ4v) is 1.76. The predicted octanol–water partition coefficient (Wildman–Crippen LogP) is 0.804. The summed E-state index contributed by atoms with van der Waals surface area (Å²) < 4.78 is 0. The first-order valence-electron chi connectivity index (χ1n) is 4.55. The molecule has 0 saturated heterocycles. The second-order valence-corrected chi connectivity index (χ2v) is 4.07. The number of halogens is 1. The van der Waals surface area contributed by atoms with Gasteiger partial charge in [0.05, 0.1) is 6.20 Å². The van der Waals surface area contributed by atoms with E-state index in [9.17, 15) is 4.79 Å². The molecule has 76 valence electrons. The van der Waals surface area contributed by atoms with Crippen LogP contribution in [0.5, 0.6) is 0 Å². The maximum Gasteiger partial charge on any atom is 0.276 e. The van der Waals surface area contributed by atoms with E-state index in [0.717, 1.165) is 24.7 Å². The third kappa shape index (κ3) is 1.95. The number of carbonyl (C=O) groups excluding carboxylic acids is 1. The summed E-state index contributed by atoms with van der Waals surface area (Å²) >= 11 is 3.34. The SMILES string of the molecule is O=C(c1cn[nH]n1)N(CCBr)C1CC1. The van der Waals surface area contributed by atoms with Crippen molar-refractivity contribution in [2.24, 2.45) is 0 Å². The highest BCUT2D eigenvalue weighted by molar-refractivity contribution is 9.09. The van der Waals surface area contributed by atoms with Crippen LogP contribution in [0.1, 0.15) is 23.3 Å². The van der Waals surface area contributed by atoms with Gasteiger partial charge in [-0.05, 0) is 12.8 Å². The maximum atomic E-state index is 11.9. The van der Waals surface area contributed by atoms with Crippen LogP contribution in [0.3, 0.4) is 0 Å². The van der Waals surface area contributed by atoms with Crippen LogP contribution in [0.15, 0.2) is 6.20 Å². The van der Waals surface area contributed by atoms with Crippen LogP contribution < -0.4 is 0 Å². The summed E-state index contributed by atoms with van der Waals surface area (Å²) in [7, 11) is 0. The molecule has 0 aromatic carbocycles. The Morgan fingerprint density at radius 1 is 1.71 bits per heavy atom. The molecule has 14 heavy (non-hydrogen) atoms. The predicted molar refractivity (Wildman–Crippen MR) is 54.2 cm³/mol. The Morgan fingerprint density at radius 3 is 3.00 bits per heavy atom. The molecule has 5 nitrogen and oxygen atoms in total. The number of aromatic nitrogens is 3. The van der Waals surface area contributed by atoms with Gasteiger partial charge in [-0.1, -0.05) is 15.9 Å². The number of H-pyrrole nitrogens is 1. The van der Waals surface area contributed by atoms with Crippen LogP contribution in [0, 0.1) is 0 Å². The molecule has 0 radical (unpaired) electrons. The van der Waals surface area contributed by atoms with Crippen LogP contribution in [-0.4, -0.2) is 44.1 Å². The largest absolute Gasteiger partial charge is 0.333 e. The lowest BCUT2D eigenvalue weighted by Gasteiger charge is -2.19. The molecule has 0 aliphatic heterocycles. The first-order chi connectivity index (χ1) is 6.83. The average molecular weight is 259 g/mol. The third-order valence-corrected chi connectivity index (χ3v) is 2.56. The molecule has 1 aliphatic rings. The summed E-state index contributed by atoms with van der Waals surface area (Å²) in [5, 5.41) is 10.7. The topological polar surface area (TPSA) is 61.9 Å². The summed E-state index contributed by atoms with van der Waals surface area (Å²) in [5.41, 5.74) is 0.401. The number of hydrogen-bond acceptors (Lipinski definition) is 3. The minimum absolute atomic E-state index is 0.0271. The van der Waals surface area contributed by atoms with E-state index in [2.05, 4.69) is 31.3 Å². The van der Waals surface area contributed by atoms with E-state index < -0.39 is 0 Å². The minimum atomic E-state index is -0.0271. The molecule has 1 aromatic heterocycles. The van der Waals surface area contributed by atoms with Gasteiger partial charge in [0.15, 0.2) is 5.69 Å². The van der Waals surface area contributed by atoms with Crippen LogP contribution in [-0.2, 0) is 0 Å². The summed E-state index contributed by atoms with van der Waals surface area (Å²) in [4.78, 5) is 13.7. The van der Waals surface area contributed by atoms with Crippen LogP contribution in [0.25, 0.3) is 0 Å². The zero-order valence-electron chi connectivity index (χ0n) is 7.61. The van der Waals surface area contributed by atoms with Crippen molar-refractivity contribution in [2.45, 2.75) is 18.9 Å². The van der Waals surface area contributed by atoms with Crippen LogP contribution in [0.4, 0.5) is 0 Å². The fourth-order valence-electron chi connectivity index (χ4n) is 1.38. The molecule has 0 atom stereocenters. The van der Waals surface area contributed by atoms with Gasteiger partial charge < -0.3 is 4.90 Å². The zero-order valence-corrected chi connectivity index (χ0v) is 9.20. The molecule has 0 bridgehead atoms. The molecule has 0 spiro atoms. The van der Waals surface area contributed by atoms with Gasteiger partial charge >= 0.3 is 0 Å². The van der Waals surface area contributed by atoms with E-state index >= 15 is 0 Å². The molecular formula is C8H11BrN4O. The lowest BCUT2D eigenvalue weighted by atomic mass is 10.3. The summed E-state index contributed by atoms with van der Waals surface area (Å²) in [6, 6.07) is 0.414. The molecule has 1 N–H and O–H groups in total. The van der Waals surface area contributed by atoms with Crippen molar-refractivity contribution in [1.29, 1.82) is 0 Å². The second-order valence-electron chi connectivity index (χ2n) is 3.27. The number of carbonyl (C=O) groups is 1. The molecule has 2 rings (SSSR count). The maximum absolute atomic E-state index is 11.9. The van der Waals surface area contributed by atoms with E-state index in [1.165, 1.54) is 6.20 Å². The van der Waals surface area contributed by atoms with Gasteiger partial charge in [0.25, 0.3) is 5.91 Å². The quantitative estimate of drug-likeness (QED) is 0.814. The Kier molecular flexibility index (Phi) is 2.81. The highest BCUT2D eigenvalue weighted by Crippen LogP contribution is 2.27. The van der Waals surface area contributed by atoms with Crippen molar-refractivity contribution in [3.05, 3.63) is 11.9 Å². The molecule has 1 aromatic rings. The average Bonchev–Trinajstić information content (AvgIpc) is 2.88. The molecule has 6 heteroatoms. The van der Waals surface area contributed by atoms with E-state index in [-0.39, 0.29) is 5.91 Å². The lowest BCUT2D eigenvalue weighted by Crippen LogP contribution is -2.34. The number of aromatic amines is 1. The number of alkyl halides is 1. The van der Waals surface area contributed by atoms with Crippen molar-refractivity contribution in [3.63, 3.8) is 0 Å². The Morgan fingerprint density at radius 2 is 2.50 bits per heavy atom. The highest BCUT2D eigenvalue weighted by atomic mass is 79.9. The summed E-state index contributed by atoms with van der Waals surface area (Å²) in [6.07, 6.45) is 3.68. The molecule has 1 amide bonds. The third-order valence-electron chi connectivity index (χ3n) is 2.21. The van der Waals surface area contributed by atoms with Crippen LogP contribution in [0.2, 0.25) is 0 Å². The molecule has 0 unspecified atom stereocenters. The smallest absolute Gasteiger partial charge is 0.276 e. The summed E-state index contributed by atoms with van der Waals surface area (Å²) in [5.74, 6) is -0.0271. The first-order valence-corrected chi connectivity index (χ1v) is 5.68. The monoisotopic (exact) mass is 258 g/mol. The van der Waals surface area contributed by atoms with Crippen molar-refractivity contribution >= 4 is 21.8 Å². The Balaban J connectivity index is 2.07.